The summed E-state index contributed by atoms with van der Waals surface area (Å²) in [6.45, 7) is 2.01. The first-order valence-corrected chi connectivity index (χ1v) is 14.4. The van der Waals surface area contributed by atoms with Crippen LogP contribution in [-0.2, 0) is 0 Å². The average Bonchev–Trinajstić information content (AvgIpc) is 3.64. The van der Waals surface area contributed by atoms with Gasteiger partial charge in [0.25, 0.3) is 0 Å². The highest BCUT2D eigenvalue weighted by Crippen LogP contribution is 2.37. The van der Waals surface area contributed by atoms with E-state index in [9.17, 15) is 0 Å². The van der Waals surface area contributed by atoms with Gasteiger partial charge in [-0.2, -0.15) is 0 Å². The van der Waals surface area contributed by atoms with Gasteiger partial charge in [0.15, 0.2) is 0 Å². The predicted octanol–water partition coefficient (Wildman–Crippen LogP) is 7.00. The van der Waals surface area contributed by atoms with Gasteiger partial charge < -0.3 is 25.3 Å². The van der Waals surface area contributed by atoms with Crippen LogP contribution >= 0.6 is 0 Å². The molecule has 0 radical (unpaired) electrons. The minimum Gasteiger partial charge on any atom is -0.438 e. The van der Waals surface area contributed by atoms with Gasteiger partial charge in [-0.3, -0.25) is 0 Å². The molecular formula is C33H32N8O. The Labute approximate surface area is 244 Å². The summed E-state index contributed by atoms with van der Waals surface area (Å²) in [6, 6.07) is 26.4. The molecule has 210 valence electrons. The third-order valence-electron chi connectivity index (χ3n) is 7.87. The molecule has 1 fully saturated rings. The molecule has 42 heavy (non-hydrogen) atoms. The van der Waals surface area contributed by atoms with E-state index in [0.29, 0.717) is 29.6 Å². The van der Waals surface area contributed by atoms with Crippen molar-refractivity contribution in [2.24, 2.45) is 0 Å². The molecule has 0 amide bonds. The number of nitrogens with one attached hydrogen (secondary N) is 3. The summed E-state index contributed by atoms with van der Waals surface area (Å²) in [5, 5.41) is 8.81. The number of imidazole rings is 1. The molecular weight excluding hydrogens is 524 g/mol. The third-order valence-corrected chi connectivity index (χ3v) is 7.87. The van der Waals surface area contributed by atoms with E-state index in [1.165, 1.54) is 19.4 Å². The minimum absolute atomic E-state index is 0.484. The number of pyridine rings is 1. The Kier molecular flexibility index (Phi) is 7.07. The lowest BCUT2D eigenvalue weighted by Gasteiger charge is -2.19. The van der Waals surface area contributed by atoms with Crippen molar-refractivity contribution >= 4 is 39.4 Å². The average molecular weight is 557 g/mol. The van der Waals surface area contributed by atoms with E-state index in [1.54, 1.807) is 12.4 Å². The molecule has 6 aromatic rings. The van der Waals surface area contributed by atoms with Gasteiger partial charge in [0, 0.05) is 41.4 Å². The van der Waals surface area contributed by atoms with E-state index < -0.39 is 0 Å². The molecule has 3 N–H and O–H groups in total. The van der Waals surface area contributed by atoms with Crippen molar-refractivity contribution in [1.29, 1.82) is 0 Å². The number of para-hydroxylation sites is 2. The van der Waals surface area contributed by atoms with E-state index in [2.05, 4.69) is 48.6 Å². The predicted molar refractivity (Wildman–Crippen MR) is 167 cm³/mol. The summed E-state index contributed by atoms with van der Waals surface area (Å²) >= 11 is 0. The number of aromatic amines is 1. The fourth-order valence-corrected chi connectivity index (χ4v) is 5.67. The molecule has 9 heteroatoms. The van der Waals surface area contributed by atoms with Crippen LogP contribution in [0.1, 0.15) is 19.3 Å². The van der Waals surface area contributed by atoms with Gasteiger partial charge in [0.1, 0.15) is 5.75 Å². The number of aromatic nitrogens is 5. The fraction of sp³-hybridized carbons (Fsp3) is 0.212. The zero-order chi connectivity index (χ0) is 28.3. The number of benzene rings is 3. The molecule has 7 rings (SSSR count). The first-order valence-electron chi connectivity index (χ1n) is 14.4. The molecule has 3 aromatic carbocycles. The number of anilines is 3. The molecule has 0 spiro atoms. The van der Waals surface area contributed by atoms with Crippen molar-refractivity contribution in [3.63, 3.8) is 0 Å². The van der Waals surface area contributed by atoms with E-state index in [-0.39, 0.29) is 0 Å². The molecule has 1 aliphatic rings. The Bertz CT molecular complexity index is 1820. The third kappa shape index (κ3) is 5.34. The molecule has 1 atom stereocenters. The Morgan fingerprint density at radius 1 is 0.905 bits per heavy atom. The van der Waals surface area contributed by atoms with Crippen LogP contribution in [0.2, 0.25) is 0 Å². The van der Waals surface area contributed by atoms with Gasteiger partial charge >= 0.3 is 0 Å². The summed E-state index contributed by atoms with van der Waals surface area (Å²) in [6.07, 6.45) is 7.10. The van der Waals surface area contributed by atoms with Crippen molar-refractivity contribution in [2.45, 2.75) is 25.3 Å². The lowest BCUT2D eigenvalue weighted by molar-refractivity contribution is 0.301. The zero-order valence-electron chi connectivity index (χ0n) is 23.4. The number of hydrogen-bond donors (Lipinski definition) is 3. The Morgan fingerprint density at radius 3 is 2.67 bits per heavy atom. The minimum atomic E-state index is 0.484. The molecule has 1 unspecified atom stereocenters. The number of likely N-dealkylation sites (tertiary alicyclic amines) is 1. The van der Waals surface area contributed by atoms with Crippen molar-refractivity contribution < 1.29 is 4.74 Å². The summed E-state index contributed by atoms with van der Waals surface area (Å²) in [5.74, 6) is 2.48. The molecule has 9 nitrogen and oxygen atoms in total. The number of rotatable bonds is 9. The normalized spacial score (nSPS) is 15.3. The lowest BCUT2D eigenvalue weighted by atomic mass is 10.1. The molecule has 3 aromatic heterocycles. The summed E-state index contributed by atoms with van der Waals surface area (Å²) < 4.78 is 6.48. The van der Waals surface area contributed by atoms with E-state index in [4.69, 9.17) is 9.72 Å². The Balaban J connectivity index is 1.13. The van der Waals surface area contributed by atoms with Gasteiger partial charge in [0.2, 0.25) is 17.8 Å². The Hall–Kier alpha value is -5.02. The zero-order valence-corrected chi connectivity index (χ0v) is 23.4. The summed E-state index contributed by atoms with van der Waals surface area (Å²) in [5.41, 5.74) is 4.37. The molecule has 0 aliphatic carbocycles. The van der Waals surface area contributed by atoms with Crippen LogP contribution in [0.25, 0.3) is 33.1 Å². The highest BCUT2D eigenvalue weighted by Gasteiger charge is 2.20. The van der Waals surface area contributed by atoms with Crippen molar-refractivity contribution in [3.8, 4) is 22.9 Å². The first kappa shape index (κ1) is 25.9. The lowest BCUT2D eigenvalue weighted by Crippen LogP contribution is -2.27. The van der Waals surface area contributed by atoms with Crippen molar-refractivity contribution in [2.75, 3.05) is 30.8 Å². The van der Waals surface area contributed by atoms with Crippen LogP contribution in [0.15, 0.2) is 91.3 Å². The highest BCUT2D eigenvalue weighted by atomic mass is 16.5. The number of nitrogens with zero attached hydrogens (tertiary/aromatic N) is 5. The standard InChI is InChI=1S/C33H32N8O/c1-41-21-7-8-22(41)16-19-35-32-36-20-17-27(37-32)25-11-6-18-34-31(25)42-30-15-14-26(23-9-2-3-10-24(23)30)38-33-39-28-12-4-5-13-29(28)40-33/h2-6,9-15,17-18,20,22H,7-8,16,19,21H2,1H3,(H,35,36,37)(H2,38,39,40). The number of H-pyrrole nitrogens is 1. The maximum absolute atomic E-state index is 6.48. The van der Waals surface area contributed by atoms with Crippen molar-refractivity contribution in [1.82, 2.24) is 29.8 Å². The number of fused-ring (bicyclic) bond motifs is 2. The van der Waals surface area contributed by atoms with Gasteiger partial charge in [-0.05, 0) is 75.3 Å². The fourth-order valence-electron chi connectivity index (χ4n) is 5.67. The van der Waals surface area contributed by atoms with Crippen LogP contribution in [0, 0.1) is 0 Å². The first-order chi connectivity index (χ1) is 20.7. The van der Waals surface area contributed by atoms with Crippen LogP contribution in [-0.4, -0.2) is 56.0 Å². The number of ether oxygens (including phenoxy) is 1. The molecule has 1 aliphatic heterocycles. The second-order valence-electron chi connectivity index (χ2n) is 10.6. The number of hydrogen-bond acceptors (Lipinski definition) is 8. The molecule has 4 heterocycles. The van der Waals surface area contributed by atoms with Crippen LogP contribution in [0.3, 0.4) is 0 Å². The van der Waals surface area contributed by atoms with Gasteiger partial charge in [-0.1, -0.05) is 36.4 Å². The van der Waals surface area contributed by atoms with Gasteiger partial charge in [-0.15, -0.1) is 0 Å². The SMILES string of the molecule is CN1CCCC1CCNc1nccc(-c2cccnc2Oc2ccc(Nc3nc4ccccc4[nH]3)c3ccccc23)n1. The van der Waals surface area contributed by atoms with E-state index in [1.807, 2.05) is 72.8 Å². The van der Waals surface area contributed by atoms with E-state index >= 15 is 0 Å². The van der Waals surface area contributed by atoms with Crippen LogP contribution < -0.4 is 15.4 Å². The Morgan fingerprint density at radius 2 is 1.79 bits per heavy atom. The largest absolute Gasteiger partial charge is 0.438 e. The summed E-state index contributed by atoms with van der Waals surface area (Å²) in [7, 11) is 2.20. The van der Waals surface area contributed by atoms with Gasteiger partial charge in [0.05, 0.1) is 22.3 Å². The maximum Gasteiger partial charge on any atom is 0.228 e. The highest BCUT2D eigenvalue weighted by molar-refractivity contribution is 5.99. The second kappa shape index (κ2) is 11.5. The monoisotopic (exact) mass is 556 g/mol. The van der Waals surface area contributed by atoms with E-state index in [0.717, 1.165) is 51.7 Å². The molecule has 1 saturated heterocycles. The van der Waals surface area contributed by atoms with Crippen LogP contribution in [0.5, 0.6) is 11.6 Å². The van der Waals surface area contributed by atoms with Crippen LogP contribution in [0.4, 0.5) is 17.6 Å². The van der Waals surface area contributed by atoms with Gasteiger partial charge in [-0.25, -0.2) is 19.9 Å². The maximum atomic E-state index is 6.48. The smallest absolute Gasteiger partial charge is 0.228 e. The van der Waals surface area contributed by atoms with Crippen molar-refractivity contribution in [3.05, 3.63) is 91.3 Å². The quantitative estimate of drug-likeness (QED) is 0.175. The second-order valence-corrected chi connectivity index (χ2v) is 10.6. The summed E-state index contributed by atoms with van der Waals surface area (Å²) in [4.78, 5) is 24.3. The topological polar surface area (TPSA) is 104 Å². The molecule has 0 saturated carbocycles. The molecule has 0 bridgehead atoms.